The van der Waals surface area contributed by atoms with Crippen LogP contribution in [0.25, 0.3) is 0 Å². The number of aromatic nitrogens is 1. The number of nitriles is 1. The van der Waals surface area contributed by atoms with Crippen LogP contribution in [0.1, 0.15) is 62.7 Å². The van der Waals surface area contributed by atoms with Crippen LogP contribution in [0.2, 0.25) is 10.0 Å². The molecule has 1 aliphatic rings. The fourth-order valence-corrected chi connectivity index (χ4v) is 4.51. The maximum Gasteiger partial charge on any atom is 0.300 e. The number of nitrogens with one attached hydrogen (secondary N) is 1. The van der Waals surface area contributed by atoms with Gasteiger partial charge in [0.25, 0.3) is 5.56 Å². The van der Waals surface area contributed by atoms with E-state index in [0.717, 1.165) is 11.1 Å². The second kappa shape index (κ2) is 9.93. The van der Waals surface area contributed by atoms with E-state index in [1.165, 1.54) is 25.1 Å². The van der Waals surface area contributed by atoms with Crippen molar-refractivity contribution in [3.05, 3.63) is 84.1 Å². The van der Waals surface area contributed by atoms with E-state index >= 15 is 0 Å². The van der Waals surface area contributed by atoms with Gasteiger partial charge < -0.3 is 10.5 Å². The highest BCUT2D eigenvalue weighted by Crippen LogP contribution is 2.42. The molecule has 0 atom stereocenters. The quantitative estimate of drug-likeness (QED) is 0.250. The number of aromatic hydroxyl groups is 1. The molecule has 1 aromatic heterocycles. The summed E-state index contributed by atoms with van der Waals surface area (Å²) in [4.78, 5) is 39.6. The van der Waals surface area contributed by atoms with Gasteiger partial charge in [0.1, 0.15) is 17.3 Å². The number of carbonyl (C=O) groups is 2. The molecule has 0 saturated carbocycles. The van der Waals surface area contributed by atoms with Crippen molar-refractivity contribution in [2.45, 2.75) is 26.7 Å². The summed E-state index contributed by atoms with van der Waals surface area (Å²) in [6, 6.07) is 9.45. The molecule has 9 nitrogen and oxygen atoms in total. The van der Waals surface area contributed by atoms with Gasteiger partial charge in [0.05, 0.1) is 21.2 Å². The van der Waals surface area contributed by atoms with Crippen molar-refractivity contribution in [3.8, 4) is 11.9 Å². The standard InChI is InChI=1S/C25H19Cl2N5O4/c1-3-4-9-29-32-24(35)15(11-28)12(2)20(25(32)36)30-31-21-17(27)10-16(26)18-19(21)23(34)14-8-6-5-7-13(14)22(18)33/h5-8,10,29,35H,3-4,9H2,1-2H3. The smallest absolute Gasteiger partial charge is 0.300 e. The highest BCUT2D eigenvalue weighted by molar-refractivity contribution is 6.43. The molecule has 2 N–H and O–H groups in total. The lowest BCUT2D eigenvalue weighted by molar-refractivity contribution is 0.0979. The van der Waals surface area contributed by atoms with E-state index < -0.39 is 23.0 Å². The lowest BCUT2D eigenvalue weighted by Crippen LogP contribution is -2.30. The molecular weight excluding hydrogens is 505 g/mol. The number of fused-ring (bicyclic) bond motifs is 2. The van der Waals surface area contributed by atoms with Gasteiger partial charge in [-0.2, -0.15) is 9.94 Å². The second-order valence-electron chi connectivity index (χ2n) is 8.03. The molecule has 2 aromatic carbocycles. The van der Waals surface area contributed by atoms with Gasteiger partial charge in [0, 0.05) is 23.2 Å². The fourth-order valence-electron chi connectivity index (χ4n) is 3.92. The minimum absolute atomic E-state index is 0.0168. The number of hydrogen-bond donors (Lipinski definition) is 2. The van der Waals surface area contributed by atoms with Crippen LogP contribution in [0.15, 0.2) is 45.4 Å². The first-order valence-electron chi connectivity index (χ1n) is 11.0. The molecule has 182 valence electrons. The third kappa shape index (κ3) is 4.04. The van der Waals surface area contributed by atoms with E-state index in [1.54, 1.807) is 12.1 Å². The van der Waals surface area contributed by atoms with Gasteiger partial charge in [-0.3, -0.25) is 14.4 Å². The Balaban J connectivity index is 1.91. The first-order valence-corrected chi connectivity index (χ1v) is 11.7. The summed E-state index contributed by atoms with van der Waals surface area (Å²) >= 11 is 12.7. The topological polar surface area (TPSA) is 137 Å². The molecule has 0 aliphatic heterocycles. The van der Waals surface area contributed by atoms with Crippen molar-refractivity contribution in [3.63, 3.8) is 0 Å². The summed E-state index contributed by atoms with van der Waals surface area (Å²) < 4.78 is 0.833. The van der Waals surface area contributed by atoms with Gasteiger partial charge in [-0.25, -0.2) is 0 Å². The van der Waals surface area contributed by atoms with Gasteiger partial charge in [-0.1, -0.05) is 60.8 Å². The van der Waals surface area contributed by atoms with Gasteiger partial charge in [-0.15, -0.1) is 10.2 Å². The van der Waals surface area contributed by atoms with Crippen molar-refractivity contribution in [1.82, 2.24) is 4.68 Å². The molecule has 1 heterocycles. The van der Waals surface area contributed by atoms with E-state index in [0.29, 0.717) is 13.0 Å². The van der Waals surface area contributed by atoms with E-state index in [9.17, 15) is 24.8 Å². The Hall–Kier alpha value is -4.00. The molecule has 1 aliphatic carbocycles. The third-order valence-corrected chi connectivity index (χ3v) is 6.40. The third-order valence-electron chi connectivity index (χ3n) is 5.81. The number of pyridine rings is 1. The molecule has 0 amide bonds. The Morgan fingerprint density at radius 1 is 1.03 bits per heavy atom. The average Bonchev–Trinajstić information content (AvgIpc) is 2.85. The Kier molecular flexibility index (Phi) is 6.93. The zero-order valence-electron chi connectivity index (χ0n) is 19.2. The van der Waals surface area contributed by atoms with Crippen molar-refractivity contribution >= 4 is 46.1 Å². The van der Waals surface area contributed by atoms with Crippen LogP contribution >= 0.6 is 23.2 Å². The van der Waals surface area contributed by atoms with Gasteiger partial charge in [0.2, 0.25) is 5.88 Å². The molecule has 3 aromatic rings. The number of benzene rings is 2. The Morgan fingerprint density at radius 3 is 2.25 bits per heavy atom. The summed E-state index contributed by atoms with van der Waals surface area (Å²) in [5.74, 6) is -1.53. The van der Waals surface area contributed by atoms with Crippen LogP contribution in [0.3, 0.4) is 0 Å². The minimum Gasteiger partial charge on any atom is -0.492 e. The summed E-state index contributed by atoms with van der Waals surface area (Å²) in [6.07, 6.45) is 1.55. The number of rotatable bonds is 6. The molecule has 0 saturated heterocycles. The van der Waals surface area contributed by atoms with E-state index in [1.807, 2.05) is 13.0 Å². The lowest BCUT2D eigenvalue weighted by Gasteiger charge is -2.20. The molecule has 36 heavy (non-hydrogen) atoms. The normalized spacial score (nSPS) is 12.4. The Morgan fingerprint density at radius 2 is 1.64 bits per heavy atom. The molecule has 0 bridgehead atoms. The van der Waals surface area contributed by atoms with Crippen LogP contribution in [-0.2, 0) is 0 Å². The molecule has 0 unspecified atom stereocenters. The summed E-state index contributed by atoms with van der Waals surface area (Å²) in [5.41, 5.74) is 1.74. The minimum atomic E-state index is -0.754. The molecule has 0 spiro atoms. The zero-order valence-corrected chi connectivity index (χ0v) is 20.7. The number of halogens is 2. The number of nitrogens with zero attached hydrogens (tertiary/aromatic N) is 4. The van der Waals surface area contributed by atoms with Crippen molar-refractivity contribution < 1.29 is 14.7 Å². The predicted molar refractivity (Wildman–Crippen MR) is 135 cm³/mol. The monoisotopic (exact) mass is 523 g/mol. The summed E-state index contributed by atoms with van der Waals surface area (Å²) in [5, 5.41) is 28.0. The van der Waals surface area contributed by atoms with Gasteiger partial charge in [-0.05, 0) is 19.4 Å². The average molecular weight is 524 g/mol. The molecule has 4 rings (SSSR count). The van der Waals surface area contributed by atoms with Crippen molar-refractivity contribution in [1.29, 1.82) is 5.26 Å². The highest BCUT2D eigenvalue weighted by atomic mass is 35.5. The van der Waals surface area contributed by atoms with Crippen LogP contribution in [0, 0.1) is 18.3 Å². The van der Waals surface area contributed by atoms with Crippen LogP contribution in [0.5, 0.6) is 5.88 Å². The first-order chi connectivity index (χ1) is 17.2. The van der Waals surface area contributed by atoms with E-state index in [2.05, 4.69) is 15.7 Å². The van der Waals surface area contributed by atoms with Crippen molar-refractivity contribution in [2.24, 2.45) is 10.2 Å². The lowest BCUT2D eigenvalue weighted by atomic mass is 9.83. The van der Waals surface area contributed by atoms with Crippen LogP contribution in [-0.4, -0.2) is 27.9 Å². The summed E-state index contributed by atoms with van der Waals surface area (Å²) in [6.45, 7) is 3.76. The maximum atomic E-state index is 13.3. The zero-order chi connectivity index (χ0) is 26.1. The van der Waals surface area contributed by atoms with Crippen LogP contribution in [0.4, 0.5) is 11.4 Å². The van der Waals surface area contributed by atoms with E-state index in [-0.39, 0.29) is 54.8 Å². The van der Waals surface area contributed by atoms with Gasteiger partial charge in [0.15, 0.2) is 17.3 Å². The predicted octanol–water partition coefficient (Wildman–Crippen LogP) is 5.58. The Bertz CT molecular complexity index is 1570. The van der Waals surface area contributed by atoms with E-state index in [4.69, 9.17) is 23.2 Å². The molecular formula is C25H19Cl2N5O4. The first kappa shape index (κ1) is 25.1. The highest BCUT2D eigenvalue weighted by Gasteiger charge is 2.35. The molecule has 11 heteroatoms. The van der Waals surface area contributed by atoms with Crippen molar-refractivity contribution in [2.75, 3.05) is 12.0 Å². The largest absolute Gasteiger partial charge is 0.492 e. The summed E-state index contributed by atoms with van der Waals surface area (Å²) in [7, 11) is 0. The number of carbonyl (C=O) groups excluding carboxylic acids is 2. The number of azo groups is 1. The fraction of sp³-hybridized carbons (Fsp3) is 0.200. The molecule has 0 radical (unpaired) electrons. The number of hydrogen-bond acceptors (Lipinski definition) is 8. The van der Waals surface area contributed by atoms with Crippen LogP contribution < -0.4 is 11.0 Å². The molecule has 0 fully saturated rings. The maximum absolute atomic E-state index is 13.3. The number of ketones is 2. The SMILES string of the molecule is CCCCNn1c(O)c(C#N)c(C)c(N=Nc2c(Cl)cc(Cl)c3c2C(=O)c2ccccc2C3=O)c1=O. The number of unbranched alkanes of at least 4 members (excludes halogenated alkanes) is 1. The second-order valence-corrected chi connectivity index (χ2v) is 8.84. The van der Waals surface area contributed by atoms with Gasteiger partial charge >= 0.3 is 0 Å². The Labute approximate surface area is 215 Å².